The lowest BCUT2D eigenvalue weighted by atomic mass is 9.77. The predicted octanol–water partition coefficient (Wildman–Crippen LogP) is 7.36. The SMILES string of the molecule is CCc1cc(C(CC)c2cc(CC)cc(C(C)(C)C)c2O)c(O)c(C(C)(C)C)c1. The Morgan fingerprint density at radius 3 is 1.24 bits per heavy atom. The molecule has 0 fully saturated rings. The summed E-state index contributed by atoms with van der Waals surface area (Å²) >= 11 is 0. The van der Waals surface area contributed by atoms with E-state index in [1.54, 1.807) is 0 Å². The molecular formula is C27H40O2. The second-order valence-electron chi connectivity index (χ2n) is 10.3. The molecule has 2 heteroatoms. The number of aromatic hydroxyl groups is 2. The Labute approximate surface area is 178 Å². The number of benzene rings is 2. The molecule has 2 N–H and O–H groups in total. The lowest BCUT2D eigenvalue weighted by Gasteiger charge is -2.29. The Hall–Kier alpha value is -1.96. The Morgan fingerprint density at radius 2 is 1.00 bits per heavy atom. The summed E-state index contributed by atoms with van der Waals surface area (Å²) in [5.41, 5.74) is 5.98. The zero-order valence-corrected chi connectivity index (χ0v) is 19.9. The molecule has 0 radical (unpaired) electrons. The van der Waals surface area contributed by atoms with Crippen LogP contribution in [-0.2, 0) is 23.7 Å². The maximum absolute atomic E-state index is 11.3. The molecule has 0 aliphatic rings. The van der Waals surface area contributed by atoms with Gasteiger partial charge in [0.1, 0.15) is 11.5 Å². The van der Waals surface area contributed by atoms with Crippen molar-refractivity contribution in [2.24, 2.45) is 0 Å². The zero-order valence-electron chi connectivity index (χ0n) is 19.9. The molecule has 0 spiro atoms. The lowest BCUT2D eigenvalue weighted by Crippen LogP contribution is -2.16. The van der Waals surface area contributed by atoms with Gasteiger partial charge < -0.3 is 10.2 Å². The van der Waals surface area contributed by atoms with Crippen molar-refractivity contribution in [1.29, 1.82) is 0 Å². The molecule has 2 aromatic carbocycles. The van der Waals surface area contributed by atoms with Gasteiger partial charge >= 0.3 is 0 Å². The third kappa shape index (κ3) is 4.79. The minimum atomic E-state index is -0.147. The molecule has 0 heterocycles. The fraction of sp³-hybridized carbons (Fsp3) is 0.556. The molecule has 0 aliphatic heterocycles. The summed E-state index contributed by atoms with van der Waals surface area (Å²) in [6.07, 6.45) is 2.65. The van der Waals surface area contributed by atoms with E-state index in [0.717, 1.165) is 41.5 Å². The summed E-state index contributed by atoms with van der Waals surface area (Å²) < 4.78 is 0. The molecule has 0 aromatic heterocycles. The molecule has 2 nitrogen and oxygen atoms in total. The molecule has 0 bridgehead atoms. The van der Waals surface area contributed by atoms with Crippen LogP contribution in [0.1, 0.15) is 108 Å². The van der Waals surface area contributed by atoms with Crippen LogP contribution in [-0.4, -0.2) is 10.2 Å². The highest BCUT2D eigenvalue weighted by molar-refractivity contribution is 5.56. The van der Waals surface area contributed by atoms with Gasteiger partial charge in [0.25, 0.3) is 0 Å². The van der Waals surface area contributed by atoms with Crippen molar-refractivity contribution >= 4 is 0 Å². The molecule has 29 heavy (non-hydrogen) atoms. The van der Waals surface area contributed by atoms with Crippen molar-refractivity contribution in [1.82, 2.24) is 0 Å². The maximum Gasteiger partial charge on any atom is 0.123 e. The highest BCUT2D eigenvalue weighted by atomic mass is 16.3. The second-order valence-corrected chi connectivity index (χ2v) is 10.3. The van der Waals surface area contributed by atoms with E-state index in [0.29, 0.717) is 11.5 Å². The van der Waals surface area contributed by atoms with E-state index < -0.39 is 0 Å². The molecule has 0 saturated heterocycles. The average molecular weight is 397 g/mol. The summed E-state index contributed by atoms with van der Waals surface area (Å²) in [5.74, 6) is 0.704. The van der Waals surface area contributed by atoms with Crippen molar-refractivity contribution in [3.8, 4) is 11.5 Å². The van der Waals surface area contributed by atoms with Gasteiger partial charge in [0, 0.05) is 17.0 Å². The van der Waals surface area contributed by atoms with Gasteiger partial charge in [-0.05, 0) is 52.3 Å². The number of phenols is 2. The molecule has 0 atom stereocenters. The monoisotopic (exact) mass is 396 g/mol. The topological polar surface area (TPSA) is 40.5 Å². The van der Waals surface area contributed by atoms with Gasteiger partial charge in [0.2, 0.25) is 0 Å². The van der Waals surface area contributed by atoms with Crippen LogP contribution >= 0.6 is 0 Å². The molecule has 160 valence electrons. The van der Waals surface area contributed by atoms with Crippen LogP contribution in [0, 0.1) is 0 Å². The predicted molar refractivity (Wildman–Crippen MR) is 125 cm³/mol. The van der Waals surface area contributed by atoms with Crippen molar-refractivity contribution in [3.05, 3.63) is 57.6 Å². The minimum absolute atomic E-state index is 0.0461. The van der Waals surface area contributed by atoms with E-state index in [1.165, 1.54) is 11.1 Å². The Morgan fingerprint density at radius 1 is 0.655 bits per heavy atom. The van der Waals surface area contributed by atoms with Crippen LogP contribution in [0.4, 0.5) is 0 Å². The van der Waals surface area contributed by atoms with Crippen LogP contribution < -0.4 is 0 Å². The van der Waals surface area contributed by atoms with E-state index >= 15 is 0 Å². The first kappa shape index (κ1) is 23.3. The number of hydrogen-bond acceptors (Lipinski definition) is 2. The van der Waals surface area contributed by atoms with Crippen LogP contribution in [0.15, 0.2) is 24.3 Å². The van der Waals surface area contributed by atoms with Crippen LogP contribution in [0.3, 0.4) is 0 Å². The number of hydrogen-bond donors (Lipinski definition) is 2. The first-order valence-electron chi connectivity index (χ1n) is 11.1. The standard InChI is InChI=1S/C27H40O2/c1-10-17-13-20(24(28)22(15-17)26(4,5)6)19(12-3)21-14-18(11-2)16-23(25(21)29)27(7,8)9/h13-16,19,28-29H,10-12H2,1-9H3. The Balaban J connectivity index is 2.82. The fourth-order valence-electron chi connectivity index (χ4n) is 4.13. The van der Waals surface area contributed by atoms with E-state index in [2.05, 4.69) is 86.6 Å². The third-order valence-electron chi connectivity index (χ3n) is 5.99. The fourth-order valence-corrected chi connectivity index (χ4v) is 4.13. The zero-order chi connectivity index (χ0) is 22.1. The van der Waals surface area contributed by atoms with E-state index in [-0.39, 0.29) is 16.7 Å². The van der Waals surface area contributed by atoms with E-state index in [4.69, 9.17) is 0 Å². The third-order valence-corrected chi connectivity index (χ3v) is 5.99. The van der Waals surface area contributed by atoms with Gasteiger partial charge in [-0.1, -0.05) is 86.6 Å². The van der Waals surface area contributed by atoms with Crippen LogP contribution in [0.2, 0.25) is 0 Å². The van der Waals surface area contributed by atoms with Crippen LogP contribution in [0.25, 0.3) is 0 Å². The van der Waals surface area contributed by atoms with Gasteiger partial charge in [0.15, 0.2) is 0 Å². The molecule has 0 unspecified atom stereocenters. The van der Waals surface area contributed by atoms with Crippen LogP contribution in [0.5, 0.6) is 11.5 Å². The first-order valence-corrected chi connectivity index (χ1v) is 11.1. The average Bonchev–Trinajstić information content (AvgIpc) is 2.62. The molecule has 2 rings (SSSR count). The number of aryl methyl sites for hydroxylation is 2. The van der Waals surface area contributed by atoms with Gasteiger partial charge in [-0.2, -0.15) is 0 Å². The van der Waals surface area contributed by atoms with Gasteiger partial charge in [-0.15, -0.1) is 0 Å². The smallest absolute Gasteiger partial charge is 0.123 e. The maximum atomic E-state index is 11.3. The highest BCUT2D eigenvalue weighted by Crippen LogP contribution is 2.45. The van der Waals surface area contributed by atoms with E-state index in [1.807, 2.05) is 0 Å². The summed E-state index contributed by atoms with van der Waals surface area (Å²) in [5, 5.41) is 22.5. The Bertz CT molecular complexity index is 792. The summed E-state index contributed by atoms with van der Waals surface area (Å²) in [7, 11) is 0. The van der Waals surface area contributed by atoms with Crippen molar-refractivity contribution < 1.29 is 10.2 Å². The molecule has 0 saturated carbocycles. The molecule has 0 aliphatic carbocycles. The minimum Gasteiger partial charge on any atom is -0.507 e. The molecule has 0 amide bonds. The van der Waals surface area contributed by atoms with Gasteiger partial charge in [0.05, 0.1) is 0 Å². The summed E-state index contributed by atoms with van der Waals surface area (Å²) in [6.45, 7) is 19.3. The number of rotatable bonds is 5. The van der Waals surface area contributed by atoms with Crippen molar-refractivity contribution in [3.63, 3.8) is 0 Å². The highest BCUT2D eigenvalue weighted by Gasteiger charge is 2.29. The van der Waals surface area contributed by atoms with E-state index in [9.17, 15) is 10.2 Å². The van der Waals surface area contributed by atoms with Gasteiger partial charge in [-0.25, -0.2) is 0 Å². The van der Waals surface area contributed by atoms with Crippen molar-refractivity contribution in [2.75, 3.05) is 0 Å². The molecule has 2 aromatic rings. The molecular weight excluding hydrogens is 356 g/mol. The Kier molecular flexibility index (Phi) is 6.77. The second kappa shape index (κ2) is 8.42. The quantitative estimate of drug-likeness (QED) is 0.554. The summed E-state index contributed by atoms with van der Waals surface area (Å²) in [6, 6.07) is 8.53. The lowest BCUT2D eigenvalue weighted by molar-refractivity contribution is 0.426. The van der Waals surface area contributed by atoms with Gasteiger partial charge in [-0.3, -0.25) is 0 Å². The normalized spacial score (nSPS) is 12.6. The summed E-state index contributed by atoms with van der Waals surface area (Å²) in [4.78, 5) is 0. The largest absolute Gasteiger partial charge is 0.507 e. The first-order chi connectivity index (χ1) is 13.3. The van der Waals surface area contributed by atoms with Crippen molar-refractivity contribution in [2.45, 2.75) is 98.3 Å². The number of phenolic OH excluding ortho intramolecular Hbond substituents is 2.